The SMILES string of the molecule is Cc1ccc(CNC2CCOC2)nc1. The van der Waals surface area contributed by atoms with Crippen LogP contribution in [0.3, 0.4) is 0 Å². The van der Waals surface area contributed by atoms with E-state index in [0.717, 1.165) is 31.9 Å². The Morgan fingerprint density at radius 2 is 2.50 bits per heavy atom. The summed E-state index contributed by atoms with van der Waals surface area (Å²) in [6, 6.07) is 4.67. The normalized spacial score (nSPS) is 21.4. The fraction of sp³-hybridized carbons (Fsp3) is 0.545. The summed E-state index contributed by atoms with van der Waals surface area (Å²) < 4.78 is 5.28. The molecule has 1 unspecified atom stereocenters. The predicted molar refractivity (Wildman–Crippen MR) is 55.0 cm³/mol. The second kappa shape index (κ2) is 4.53. The Balaban J connectivity index is 1.82. The van der Waals surface area contributed by atoms with Crippen molar-refractivity contribution in [1.29, 1.82) is 0 Å². The summed E-state index contributed by atoms with van der Waals surface area (Å²) in [4.78, 5) is 4.34. The number of rotatable bonds is 3. The summed E-state index contributed by atoms with van der Waals surface area (Å²) in [5, 5.41) is 3.43. The summed E-state index contributed by atoms with van der Waals surface area (Å²) in [6.45, 7) is 4.62. The predicted octanol–water partition coefficient (Wildman–Crippen LogP) is 1.27. The average molecular weight is 192 g/mol. The molecular formula is C11H16N2O. The van der Waals surface area contributed by atoms with Crippen molar-refractivity contribution in [2.75, 3.05) is 13.2 Å². The van der Waals surface area contributed by atoms with Crippen molar-refractivity contribution in [1.82, 2.24) is 10.3 Å². The molecule has 0 saturated carbocycles. The summed E-state index contributed by atoms with van der Waals surface area (Å²) in [5.41, 5.74) is 2.31. The molecule has 1 saturated heterocycles. The van der Waals surface area contributed by atoms with Crippen molar-refractivity contribution < 1.29 is 4.74 Å². The molecule has 1 aliphatic rings. The molecule has 1 fully saturated rings. The summed E-state index contributed by atoms with van der Waals surface area (Å²) in [6.07, 6.45) is 3.02. The maximum atomic E-state index is 5.28. The van der Waals surface area contributed by atoms with Gasteiger partial charge in [0.15, 0.2) is 0 Å². The Morgan fingerprint density at radius 1 is 1.57 bits per heavy atom. The highest BCUT2D eigenvalue weighted by Crippen LogP contribution is 2.05. The van der Waals surface area contributed by atoms with Gasteiger partial charge in [-0.1, -0.05) is 6.07 Å². The van der Waals surface area contributed by atoms with Gasteiger partial charge < -0.3 is 10.1 Å². The molecule has 0 aliphatic carbocycles. The summed E-state index contributed by atoms with van der Waals surface area (Å²) >= 11 is 0. The van der Waals surface area contributed by atoms with Gasteiger partial charge in [0.2, 0.25) is 0 Å². The summed E-state index contributed by atoms with van der Waals surface area (Å²) in [7, 11) is 0. The molecule has 1 aromatic heterocycles. The molecule has 1 aromatic rings. The quantitative estimate of drug-likeness (QED) is 0.783. The van der Waals surface area contributed by atoms with Crippen LogP contribution in [0.2, 0.25) is 0 Å². The molecule has 0 amide bonds. The molecule has 2 rings (SSSR count). The number of pyridine rings is 1. The van der Waals surface area contributed by atoms with E-state index in [0.29, 0.717) is 6.04 Å². The minimum Gasteiger partial charge on any atom is -0.380 e. The molecule has 1 aliphatic heterocycles. The monoisotopic (exact) mass is 192 g/mol. The van der Waals surface area contributed by atoms with Gasteiger partial charge in [0.05, 0.1) is 12.3 Å². The molecule has 0 aromatic carbocycles. The second-order valence-electron chi connectivity index (χ2n) is 3.77. The highest BCUT2D eigenvalue weighted by atomic mass is 16.5. The molecule has 0 radical (unpaired) electrons. The first-order valence-corrected chi connectivity index (χ1v) is 5.07. The minimum absolute atomic E-state index is 0.512. The fourth-order valence-corrected chi connectivity index (χ4v) is 1.55. The molecule has 1 N–H and O–H groups in total. The Kier molecular flexibility index (Phi) is 3.11. The van der Waals surface area contributed by atoms with E-state index in [1.165, 1.54) is 5.56 Å². The van der Waals surface area contributed by atoms with E-state index in [9.17, 15) is 0 Å². The summed E-state index contributed by atoms with van der Waals surface area (Å²) in [5.74, 6) is 0. The molecule has 76 valence electrons. The molecule has 14 heavy (non-hydrogen) atoms. The van der Waals surface area contributed by atoms with E-state index >= 15 is 0 Å². The number of aromatic nitrogens is 1. The Morgan fingerprint density at radius 3 is 3.14 bits per heavy atom. The van der Waals surface area contributed by atoms with Crippen LogP contribution in [0.5, 0.6) is 0 Å². The molecule has 3 nitrogen and oxygen atoms in total. The first kappa shape index (κ1) is 9.62. The van der Waals surface area contributed by atoms with Crippen LogP contribution in [0.25, 0.3) is 0 Å². The zero-order valence-corrected chi connectivity index (χ0v) is 8.49. The van der Waals surface area contributed by atoms with Gasteiger partial charge in [-0.2, -0.15) is 0 Å². The Labute approximate surface area is 84.5 Å². The van der Waals surface area contributed by atoms with E-state index in [-0.39, 0.29) is 0 Å². The van der Waals surface area contributed by atoms with E-state index in [1.807, 2.05) is 6.20 Å². The third-order valence-corrected chi connectivity index (χ3v) is 2.47. The van der Waals surface area contributed by atoms with E-state index in [4.69, 9.17) is 4.74 Å². The average Bonchev–Trinajstić information content (AvgIpc) is 2.70. The standard InChI is InChI=1S/C11H16N2O/c1-9-2-3-10(12-6-9)7-13-11-4-5-14-8-11/h2-3,6,11,13H,4-5,7-8H2,1H3. The van der Waals surface area contributed by atoms with Gasteiger partial charge in [0.25, 0.3) is 0 Å². The minimum atomic E-state index is 0.512. The lowest BCUT2D eigenvalue weighted by molar-refractivity contribution is 0.189. The van der Waals surface area contributed by atoms with E-state index in [1.54, 1.807) is 0 Å². The van der Waals surface area contributed by atoms with Crippen LogP contribution in [0.15, 0.2) is 18.3 Å². The molecular weight excluding hydrogens is 176 g/mol. The number of hydrogen-bond donors (Lipinski definition) is 1. The third-order valence-electron chi connectivity index (χ3n) is 2.47. The first-order chi connectivity index (χ1) is 6.84. The van der Waals surface area contributed by atoms with Crippen LogP contribution in [0.1, 0.15) is 17.7 Å². The molecule has 3 heteroatoms. The van der Waals surface area contributed by atoms with E-state index < -0.39 is 0 Å². The van der Waals surface area contributed by atoms with Gasteiger partial charge in [-0.05, 0) is 25.0 Å². The molecule has 0 bridgehead atoms. The van der Waals surface area contributed by atoms with Crippen molar-refractivity contribution in [3.63, 3.8) is 0 Å². The van der Waals surface area contributed by atoms with Crippen LogP contribution in [-0.4, -0.2) is 24.2 Å². The largest absolute Gasteiger partial charge is 0.380 e. The number of ether oxygens (including phenoxy) is 1. The Hall–Kier alpha value is -0.930. The number of nitrogens with zero attached hydrogens (tertiary/aromatic N) is 1. The number of hydrogen-bond acceptors (Lipinski definition) is 3. The van der Waals surface area contributed by atoms with Gasteiger partial charge >= 0.3 is 0 Å². The zero-order valence-electron chi connectivity index (χ0n) is 8.49. The van der Waals surface area contributed by atoms with Crippen molar-refractivity contribution in [2.24, 2.45) is 0 Å². The molecule has 1 atom stereocenters. The van der Waals surface area contributed by atoms with Crippen LogP contribution >= 0.6 is 0 Å². The molecule has 2 heterocycles. The lowest BCUT2D eigenvalue weighted by Crippen LogP contribution is -2.28. The third kappa shape index (κ3) is 2.53. The topological polar surface area (TPSA) is 34.1 Å². The van der Waals surface area contributed by atoms with Crippen molar-refractivity contribution in [3.8, 4) is 0 Å². The van der Waals surface area contributed by atoms with E-state index in [2.05, 4.69) is 29.4 Å². The van der Waals surface area contributed by atoms with Gasteiger partial charge in [0.1, 0.15) is 0 Å². The maximum Gasteiger partial charge on any atom is 0.0620 e. The van der Waals surface area contributed by atoms with Gasteiger partial charge in [-0.25, -0.2) is 0 Å². The maximum absolute atomic E-state index is 5.28. The van der Waals surface area contributed by atoms with Gasteiger partial charge in [0, 0.05) is 25.4 Å². The Bertz CT molecular complexity index is 278. The lowest BCUT2D eigenvalue weighted by atomic mass is 10.2. The number of aryl methyl sites for hydroxylation is 1. The smallest absolute Gasteiger partial charge is 0.0620 e. The highest BCUT2D eigenvalue weighted by molar-refractivity contribution is 5.12. The lowest BCUT2D eigenvalue weighted by Gasteiger charge is -2.09. The highest BCUT2D eigenvalue weighted by Gasteiger charge is 2.14. The zero-order chi connectivity index (χ0) is 9.80. The van der Waals surface area contributed by atoms with Crippen molar-refractivity contribution in [2.45, 2.75) is 25.9 Å². The van der Waals surface area contributed by atoms with Crippen LogP contribution in [0.4, 0.5) is 0 Å². The van der Waals surface area contributed by atoms with Crippen LogP contribution in [-0.2, 0) is 11.3 Å². The molecule has 0 spiro atoms. The van der Waals surface area contributed by atoms with Crippen LogP contribution in [0, 0.1) is 6.92 Å². The number of nitrogens with one attached hydrogen (secondary N) is 1. The van der Waals surface area contributed by atoms with Crippen LogP contribution < -0.4 is 5.32 Å². The van der Waals surface area contributed by atoms with Gasteiger partial charge in [-0.3, -0.25) is 4.98 Å². The van der Waals surface area contributed by atoms with Gasteiger partial charge in [-0.15, -0.1) is 0 Å². The van der Waals surface area contributed by atoms with Crippen molar-refractivity contribution in [3.05, 3.63) is 29.6 Å². The first-order valence-electron chi connectivity index (χ1n) is 5.07. The van der Waals surface area contributed by atoms with Crippen molar-refractivity contribution >= 4 is 0 Å². The fourth-order valence-electron chi connectivity index (χ4n) is 1.55. The second-order valence-corrected chi connectivity index (χ2v) is 3.77.